The van der Waals surface area contributed by atoms with Crippen molar-refractivity contribution in [3.8, 4) is 0 Å². The summed E-state index contributed by atoms with van der Waals surface area (Å²) in [6, 6.07) is 0.477. The van der Waals surface area contributed by atoms with E-state index >= 15 is 0 Å². The quantitative estimate of drug-likeness (QED) is 0.819. The van der Waals surface area contributed by atoms with Crippen LogP contribution in [0.15, 0.2) is 12.4 Å². The van der Waals surface area contributed by atoms with Gasteiger partial charge in [0.1, 0.15) is 0 Å². The smallest absolute Gasteiger partial charge is 0.224 e. The second kappa shape index (κ2) is 6.73. The third kappa shape index (κ3) is 3.82. The number of aryl methyl sites for hydroxylation is 2. The molecule has 0 saturated heterocycles. The maximum atomic E-state index is 12.3. The highest BCUT2D eigenvalue weighted by Crippen LogP contribution is 2.23. The Kier molecular flexibility index (Phi) is 5.00. The Morgan fingerprint density at radius 2 is 2.16 bits per heavy atom. The van der Waals surface area contributed by atoms with Crippen molar-refractivity contribution in [1.29, 1.82) is 0 Å². The van der Waals surface area contributed by atoms with E-state index in [9.17, 15) is 4.79 Å². The third-order valence-corrected chi connectivity index (χ3v) is 3.99. The zero-order chi connectivity index (χ0) is 13.7. The number of hydrogen-bond acceptors (Lipinski definition) is 2. The molecule has 1 aliphatic carbocycles. The van der Waals surface area contributed by atoms with Crippen molar-refractivity contribution in [2.45, 2.75) is 65.0 Å². The fourth-order valence-electron chi connectivity index (χ4n) is 2.97. The lowest BCUT2D eigenvalue weighted by atomic mass is 9.94. The summed E-state index contributed by atoms with van der Waals surface area (Å²) in [5.74, 6) is 0.280. The molecule has 4 nitrogen and oxygen atoms in total. The molecule has 1 fully saturated rings. The number of rotatable bonds is 5. The predicted octanol–water partition coefficient (Wildman–Crippen LogP) is 2.76. The van der Waals surface area contributed by atoms with Crippen molar-refractivity contribution in [2.24, 2.45) is 0 Å². The monoisotopic (exact) mass is 263 g/mol. The van der Waals surface area contributed by atoms with Gasteiger partial charge >= 0.3 is 0 Å². The van der Waals surface area contributed by atoms with Crippen molar-refractivity contribution in [2.75, 3.05) is 6.54 Å². The fraction of sp³-hybridized carbons (Fsp3) is 0.733. The van der Waals surface area contributed by atoms with Crippen LogP contribution in [-0.4, -0.2) is 33.2 Å². The molecule has 1 aromatic rings. The minimum Gasteiger partial charge on any atom is -0.340 e. The van der Waals surface area contributed by atoms with Crippen molar-refractivity contribution in [3.63, 3.8) is 0 Å². The molecular formula is C15H25N3O. The summed E-state index contributed by atoms with van der Waals surface area (Å²) >= 11 is 0. The zero-order valence-corrected chi connectivity index (χ0v) is 12.1. The minimum absolute atomic E-state index is 0.280. The van der Waals surface area contributed by atoms with Gasteiger partial charge in [0.25, 0.3) is 0 Å². The van der Waals surface area contributed by atoms with Crippen molar-refractivity contribution in [1.82, 2.24) is 14.7 Å². The molecule has 19 heavy (non-hydrogen) atoms. The highest BCUT2D eigenvalue weighted by Gasteiger charge is 2.23. The van der Waals surface area contributed by atoms with Crippen LogP contribution in [0, 0.1) is 6.92 Å². The number of aromatic nitrogens is 2. The van der Waals surface area contributed by atoms with E-state index in [-0.39, 0.29) is 5.91 Å². The standard InChI is InChI=1S/C15H25N3O/c1-3-18(14-7-5-4-6-8-14)15(19)9-10-17-12-13(2)11-16-17/h11-12,14H,3-10H2,1-2H3. The largest absolute Gasteiger partial charge is 0.340 e. The van der Waals surface area contributed by atoms with Crippen LogP contribution in [-0.2, 0) is 11.3 Å². The first-order valence-electron chi connectivity index (χ1n) is 7.49. The summed E-state index contributed by atoms with van der Waals surface area (Å²) < 4.78 is 1.86. The number of nitrogens with zero attached hydrogens (tertiary/aromatic N) is 3. The van der Waals surface area contributed by atoms with Crippen LogP contribution in [0.4, 0.5) is 0 Å². The van der Waals surface area contributed by atoms with Gasteiger partial charge in [0.2, 0.25) is 5.91 Å². The number of carbonyl (C=O) groups excluding carboxylic acids is 1. The first-order chi connectivity index (χ1) is 9.20. The topological polar surface area (TPSA) is 38.1 Å². The molecule has 0 unspecified atom stereocenters. The van der Waals surface area contributed by atoms with Gasteiger partial charge < -0.3 is 4.90 Å². The second-order valence-corrected chi connectivity index (χ2v) is 5.50. The van der Waals surface area contributed by atoms with Gasteiger partial charge in [-0.2, -0.15) is 5.10 Å². The maximum Gasteiger partial charge on any atom is 0.224 e. The summed E-state index contributed by atoms with van der Waals surface area (Å²) in [6.45, 7) is 5.63. The zero-order valence-electron chi connectivity index (χ0n) is 12.1. The molecular weight excluding hydrogens is 238 g/mol. The molecule has 1 aliphatic rings. The molecule has 0 aliphatic heterocycles. The Balaban J connectivity index is 1.85. The van der Waals surface area contributed by atoms with Gasteiger partial charge in [0, 0.05) is 31.7 Å². The van der Waals surface area contributed by atoms with Crippen LogP contribution in [0.2, 0.25) is 0 Å². The maximum absolute atomic E-state index is 12.3. The normalized spacial score (nSPS) is 16.5. The molecule has 1 heterocycles. The first kappa shape index (κ1) is 14.1. The molecule has 0 N–H and O–H groups in total. The molecule has 0 radical (unpaired) electrons. The Labute approximate surface area is 115 Å². The second-order valence-electron chi connectivity index (χ2n) is 5.50. The van der Waals surface area contributed by atoms with Crippen LogP contribution < -0.4 is 0 Å². The third-order valence-electron chi connectivity index (χ3n) is 3.99. The number of hydrogen-bond donors (Lipinski definition) is 0. The van der Waals surface area contributed by atoms with Crippen molar-refractivity contribution in [3.05, 3.63) is 18.0 Å². The summed E-state index contributed by atoms with van der Waals surface area (Å²) in [6.07, 6.45) is 10.6. The van der Waals surface area contributed by atoms with E-state index in [1.54, 1.807) is 0 Å². The Bertz CT molecular complexity index is 407. The highest BCUT2D eigenvalue weighted by molar-refractivity contribution is 5.76. The molecule has 0 bridgehead atoms. The first-order valence-corrected chi connectivity index (χ1v) is 7.49. The van der Waals surface area contributed by atoms with Crippen molar-refractivity contribution >= 4 is 5.91 Å². The molecule has 0 aromatic carbocycles. The van der Waals surface area contributed by atoms with Crippen LogP contribution in [0.3, 0.4) is 0 Å². The molecule has 0 atom stereocenters. The van der Waals surface area contributed by atoms with E-state index in [1.807, 2.05) is 24.0 Å². The van der Waals surface area contributed by atoms with E-state index < -0.39 is 0 Å². The number of carbonyl (C=O) groups is 1. The lowest BCUT2D eigenvalue weighted by molar-refractivity contribution is -0.134. The Morgan fingerprint density at radius 3 is 2.74 bits per heavy atom. The van der Waals surface area contributed by atoms with Gasteiger partial charge in [-0.25, -0.2) is 0 Å². The van der Waals surface area contributed by atoms with Gasteiger partial charge in [0.15, 0.2) is 0 Å². The van der Waals surface area contributed by atoms with E-state index in [0.29, 0.717) is 19.0 Å². The lowest BCUT2D eigenvalue weighted by Crippen LogP contribution is -2.41. The summed E-state index contributed by atoms with van der Waals surface area (Å²) in [5.41, 5.74) is 1.15. The predicted molar refractivity (Wildman–Crippen MR) is 75.8 cm³/mol. The summed E-state index contributed by atoms with van der Waals surface area (Å²) in [5, 5.41) is 4.23. The van der Waals surface area contributed by atoms with Crippen LogP contribution >= 0.6 is 0 Å². The molecule has 0 spiro atoms. The SMILES string of the molecule is CCN(C(=O)CCn1cc(C)cn1)C1CCCCC1. The number of amides is 1. The van der Waals surface area contributed by atoms with Crippen LogP contribution in [0.1, 0.15) is 51.0 Å². The Morgan fingerprint density at radius 1 is 1.42 bits per heavy atom. The highest BCUT2D eigenvalue weighted by atomic mass is 16.2. The molecule has 1 saturated carbocycles. The molecule has 106 valence electrons. The average molecular weight is 263 g/mol. The average Bonchev–Trinajstić information content (AvgIpc) is 2.84. The van der Waals surface area contributed by atoms with E-state index in [1.165, 1.54) is 32.1 Å². The molecule has 4 heteroatoms. The van der Waals surface area contributed by atoms with E-state index in [4.69, 9.17) is 0 Å². The van der Waals surface area contributed by atoms with E-state index in [2.05, 4.69) is 16.9 Å². The molecule has 1 amide bonds. The van der Waals surface area contributed by atoms with Crippen molar-refractivity contribution < 1.29 is 4.79 Å². The van der Waals surface area contributed by atoms with Gasteiger partial charge in [-0.05, 0) is 32.3 Å². The minimum atomic E-state index is 0.280. The van der Waals surface area contributed by atoms with Gasteiger partial charge in [-0.15, -0.1) is 0 Å². The van der Waals surface area contributed by atoms with Gasteiger partial charge in [-0.1, -0.05) is 19.3 Å². The van der Waals surface area contributed by atoms with Crippen LogP contribution in [0.25, 0.3) is 0 Å². The lowest BCUT2D eigenvalue weighted by Gasteiger charge is -2.33. The van der Waals surface area contributed by atoms with E-state index in [0.717, 1.165) is 12.1 Å². The summed E-state index contributed by atoms with van der Waals surface area (Å²) in [4.78, 5) is 14.4. The molecule has 1 aromatic heterocycles. The summed E-state index contributed by atoms with van der Waals surface area (Å²) in [7, 11) is 0. The Hall–Kier alpha value is -1.32. The molecule has 2 rings (SSSR count). The van der Waals surface area contributed by atoms with Crippen LogP contribution in [0.5, 0.6) is 0 Å². The van der Waals surface area contributed by atoms with Gasteiger partial charge in [-0.3, -0.25) is 9.48 Å². The van der Waals surface area contributed by atoms with Gasteiger partial charge in [0.05, 0.1) is 6.20 Å². The fourth-order valence-corrected chi connectivity index (χ4v) is 2.97.